The van der Waals surface area contributed by atoms with Gasteiger partial charge >= 0.3 is 0 Å². The zero-order valence-electron chi connectivity index (χ0n) is 15.3. The molecule has 0 heterocycles. The van der Waals surface area contributed by atoms with Gasteiger partial charge in [-0.25, -0.2) is 4.39 Å². The lowest BCUT2D eigenvalue weighted by Gasteiger charge is -2.29. The van der Waals surface area contributed by atoms with Crippen LogP contribution in [0.1, 0.15) is 43.6 Å². The highest BCUT2D eigenvalue weighted by atomic mass is 35.5. The highest BCUT2D eigenvalue weighted by Gasteiger charge is 2.24. The maximum absolute atomic E-state index is 13.6. The number of benzene rings is 2. The van der Waals surface area contributed by atoms with Crippen molar-refractivity contribution >= 4 is 23.1 Å². The van der Waals surface area contributed by atoms with Crippen LogP contribution in [0.15, 0.2) is 47.6 Å². The van der Waals surface area contributed by atoms with Gasteiger partial charge in [-0.2, -0.15) is 0 Å². The zero-order chi connectivity index (χ0) is 19.2. The number of hydrogen-bond donors (Lipinski definition) is 2. The monoisotopic (exact) mass is 390 g/mol. The summed E-state index contributed by atoms with van der Waals surface area (Å²) in [6, 6.07) is 12.7. The molecule has 1 saturated carbocycles. The summed E-state index contributed by atoms with van der Waals surface area (Å²) in [6.07, 6.45) is 4.96. The molecule has 1 aliphatic carbocycles. The van der Waals surface area contributed by atoms with E-state index in [4.69, 9.17) is 16.3 Å². The van der Waals surface area contributed by atoms with E-state index in [-0.39, 0.29) is 5.02 Å². The van der Waals surface area contributed by atoms with E-state index in [1.807, 2.05) is 12.1 Å². The molecule has 0 aromatic heterocycles. The minimum Gasteiger partial charge on any atom is -0.497 e. The number of halogens is 2. The van der Waals surface area contributed by atoms with E-state index in [9.17, 15) is 9.60 Å². The van der Waals surface area contributed by atoms with Crippen LogP contribution in [0.2, 0.25) is 5.02 Å². The Morgan fingerprint density at radius 2 is 1.89 bits per heavy atom. The smallest absolute Gasteiger partial charge is 0.146 e. The van der Waals surface area contributed by atoms with Gasteiger partial charge in [-0.15, -0.1) is 0 Å². The van der Waals surface area contributed by atoms with Gasteiger partial charge in [0.2, 0.25) is 0 Å². The summed E-state index contributed by atoms with van der Waals surface area (Å²) in [4.78, 5) is 0. The number of rotatable bonds is 5. The van der Waals surface area contributed by atoms with E-state index >= 15 is 0 Å². The molecule has 4 nitrogen and oxygen atoms in total. The molecule has 0 spiro atoms. The lowest BCUT2D eigenvalue weighted by Crippen LogP contribution is -2.21. The summed E-state index contributed by atoms with van der Waals surface area (Å²) in [7, 11) is 1.67. The first kappa shape index (κ1) is 19.5. The lowest BCUT2D eigenvalue weighted by atomic mass is 9.77. The minimum atomic E-state index is -0.501. The number of hydrogen-bond acceptors (Lipinski definition) is 3. The fourth-order valence-electron chi connectivity index (χ4n) is 3.71. The van der Waals surface area contributed by atoms with Crippen LogP contribution >= 0.6 is 11.6 Å². The third-order valence-electron chi connectivity index (χ3n) is 5.24. The third kappa shape index (κ3) is 5.13. The van der Waals surface area contributed by atoms with Gasteiger partial charge in [0.25, 0.3) is 0 Å². The molecule has 0 radical (unpaired) electrons. The van der Waals surface area contributed by atoms with E-state index in [0.29, 0.717) is 29.8 Å². The van der Waals surface area contributed by atoms with Crippen molar-refractivity contribution in [1.29, 1.82) is 0 Å². The van der Waals surface area contributed by atoms with Crippen LogP contribution in [0.25, 0.3) is 0 Å². The number of amidine groups is 1. The van der Waals surface area contributed by atoms with Crippen molar-refractivity contribution in [1.82, 2.24) is 0 Å². The van der Waals surface area contributed by atoms with Gasteiger partial charge in [-0.3, -0.25) is 0 Å². The summed E-state index contributed by atoms with van der Waals surface area (Å²) >= 11 is 5.70. The summed E-state index contributed by atoms with van der Waals surface area (Å²) in [5.74, 6) is 1.82. The number of methoxy groups -OCH3 is 1. The van der Waals surface area contributed by atoms with Crippen molar-refractivity contribution in [2.75, 3.05) is 12.4 Å². The fraction of sp³-hybridized carbons (Fsp3) is 0.381. The molecule has 2 aromatic carbocycles. The van der Waals surface area contributed by atoms with Crippen molar-refractivity contribution in [3.05, 3.63) is 58.9 Å². The topological polar surface area (TPSA) is 53.9 Å². The van der Waals surface area contributed by atoms with Crippen molar-refractivity contribution in [2.45, 2.75) is 38.0 Å². The third-order valence-corrected chi connectivity index (χ3v) is 5.55. The number of anilines is 1. The second-order valence-electron chi connectivity index (χ2n) is 7.00. The van der Waals surface area contributed by atoms with Gasteiger partial charge in [0.1, 0.15) is 17.4 Å². The number of nitrogens with zero attached hydrogens (tertiary/aromatic N) is 1. The summed E-state index contributed by atoms with van der Waals surface area (Å²) in [5, 5.41) is 15.7. The largest absolute Gasteiger partial charge is 0.497 e. The molecular weight excluding hydrogens is 367 g/mol. The molecule has 0 amide bonds. The molecule has 144 valence electrons. The van der Waals surface area contributed by atoms with Gasteiger partial charge in [-0.1, -0.05) is 28.9 Å². The number of oxime groups is 1. The van der Waals surface area contributed by atoms with Crippen molar-refractivity contribution in [3.63, 3.8) is 0 Å². The predicted octanol–water partition coefficient (Wildman–Crippen LogP) is 6.05. The average Bonchev–Trinajstić information content (AvgIpc) is 2.71. The Morgan fingerprint density at radius 1 is 1.19 bits per heavy atom. The Kier molecular flexibility index (Phi) is 6.56. The quantitative estimate of drug-likeness (QED) is 0.283. The van der Waals surface area contributed by atoms with Crippen LogP contribution in [-0.2, 0) is 0 Å². The number of nitrogens with one attached hydrogen (secondary N) is 1. The first-order valence-electron chi connectivity index (χ1n) is 9.16. The molecule has 0 saturated heterocycles. The van der Waals surface area contributed by atoms with Crippen molar-refractivity contribution in [2.24, 2.45) is 11.1 Å². The first-order chi connectivity index (χ1) is 13.1. The Bertz CT molecular complexity index is 787. The van der Waals surface area contributed by atoms with Gasteiger partial charge in [0, 0.05) is 12.1 Å². The van der Waals surface area contributed by atoms with E-state index in [1.165, 1.54) is 17.7 Å². The molecule has 2 N–H and O–H groups in total. The standard InChI is InChI=1S/C21H24ClFN2O2/c1-27-18-9-6-16(7-10-18)15-4-2-14(3-5-15)12-21(25-26)24-17-8-11-19(22)20(23)13-17/h6-11,13-15,26H,2-5,12H2,1H3,(H,24,25). The molecule has 3 rings (SSSR count). The minimum absolute atomic E-state index is 0.0693. The van der Waals surface area contributed by atoms with Crippen LogP contribution in [0.4, 0.5) is 10.1 Å². The van der Waals surface area contributed by atoms with Gasteiger partial charge < -0.3 is 15.3 Å². The summed E-state index contributed by atoms with van der Waals surface area (Å²) in [5.41, 5.74) is 1.87. The molecule has 1 aliphatic rings. The molecular formula is C21H24ClFN2O2. The zero-order valence-corrected chi connectivity index (χ0v) is 16.0. The summed E-state index contributed by atoms with van der Waals surface area (Å²) < 4.78 is 18.8. The van der Waals surface area contributed by atoms with E-state index in [1.54, 1.807) is 13.2 Å². The number of ether oxygens (including phenoxy) is 1. The fourth-order valence-corrected chi connectivity index (χ4v) is 3.82. The summed E-state index contributed by atoms with van der Waals surface area (Å²) in [6.45, 7) is 0. The Labute approximate surface area is 164 Å². The van der Waals surface area contributed by atoms with Gasteiger partial charge in [0.05, 0.1) is 12.1 Å². The van der Waals surface area contributed by atoms with Crippen molar-refractivity contribution < 1.29 is 14.3 Å². The Morgan fingerprint density at radius 3 is 2.48 bits per heavy atom. The van der Waals surface area contributed by atoms with E-state index in [0.717, 1.165) is 31.4 Å². The van der Waals surface area contributed by atoms with Crippen LogP contribution < -0.4 is 10.1 Å². The SMILES string of the molecule is COc1ccc(C2CCC(C/C(=N\O)Nc3ccc(Cl)c(F)c3)CC2)cc1. The molecule has 0 bridgehead atoms. The Balaban J connectivity index is 1.53. The van der Waals surface area contributed by atoms with Crippen LogP contribution in [0.3, 0.4) is 0 Å². The second kappa shape index (κ2) is 9.09. The maximum Gasteiger partial charge on any atom is 0.146 e. The lowest BCUT2D eigenvalue weighted by molar-refractivity contribution is 0.306. The molecule has 2 aromatic rings. The van der Waals surface area contributed by atoms with E-state index in [2.05, 4.69) is 22.6 Å². The maximum atomic E-state index is 13.6. The van der Waals surface area contributed by atoms with Crippen LogP contribution in [0, 0.1) is 11.7 Å². The predicted molar refractivity (Wildman–Crippen MR) is 107 cm³/mol. The van der Waals surface area contributed by atoms with Gasteiger partial charge in [-0.05, 0) is 73.4 Å². The van der Waals surface area contributed by atoms with E-state index < -0.39 is 5.82 Å². The van der Waals surface area contributed by atoms with Crippen LogP contribution in [-0.4, -0.2) is 18.2 Å². The molecule has 0 atom stereocenters. The molecule has 27 heavy (non-hydrogen) atoms. The Hall–Kier alpha value is -2.27. The van der Waals surface area contributed by atoms with Gasteiger partial charge in [0.15, 0.2) is 0 Å². The van der Waals surface area contributed by atoms with Crippen LogP contribution in [0.5, 0.6) is 5.75 Å². The second-order valence-corrected chi connectivity index (χ2v) is 7.40. The molecule has 1 fully saturated rings. The van der Waals surface area contributed by atoms with Crippen molar-refractivity contribution in [3.8, 4) is 5.75 Å². The molecule has 6 heteroatoms. The highest BCUT2D eigenvalue weighted by molar-refractivity contribution is 6.30. The highest BCUT2D eigenvalue weighted by Crippen LogP contribution is 2.37. The normalized spacial score (nSPS) is 20.3. The molecule has 0 unspecified atom stereocenters. The molecule has 0 aliphatic heterocycles. The first-order valence-corrected chi connectivity index (χ1v) is 9.53. The average molecular weight is 391 g/mol.